The van der Waals surface area contributed by atoms with Crippen LogP contribution in [0.2, 0.25) is 0 Å². The lowest BCUT2D eigenvalue weighted by atomic mass is 10.2. The Hall–Kier alpha value is -3.61. The molecule has 3 amide bonds. The molecule has 0 aromatic heterocycles. The SMILES string of the molecule is CC(=O)Nc1ccc(/C=C/C(=O)NCCC(=O)N2CCN(c3ccccc3)CC2)cc1. The molecule has 0 radical (unpaired) electrons. The largest absolute Gasteiger partial charge is 0.368 e. The minimum atomic E-state index is -0.243. The molecule has 0 atom stereocenters. The van der Waals surface area contributed by atoms with Gasteiger partial charge in [-0.25, -0.2) is 0 Å². The third kappa shape index (κ3) is 6.99. The number of anilines is 2. The smallest absolute Gasteiger partial charge is 0.244 e. The van der Waals surface area contributed by atoms with E-state index in [2.05, 4.69) is 27.7 Å². The summed E-state index contributed by atoms with van der Waals surface area (Å²) in [6.45, 7) is 4.76. The zero-order chi connectivity index (χ0) is 22.1. The maximum Gasteiger partial charge on any atom is 0.244 e. The zero-order valence-electron chi connectivity index (χ0n) is 17.7. The lowest BCUT2D eigenvalue weighted by Crippen LogP contribution is -2.49. The maximum absolute atomic E-state index is 12.4. The van der Waals surface area contributed by atoms with Gasteiger partial charge in [0.1, 0.15) is 0 Å². The molecule has 3 rings (SSSR count). The average molecular weight is 421 g/mol. The first kappa shape index (κ1) is 22.1. The zero-order valence-corrected chi connectivity index (χ0v) is 17.7. The van der Waals surface area contributed by atoms with E-state index in [1.165, 1.54) is 18.7 Å². The molecule has 0 unspecified atom stereocenters. The fourth-order valence-electron chi connectivity index (χ4n) is 3.42. The van der Waals surface area contributed by atoms with Gasteiger partial charge in [0.05, 0.1) is 0 Å². The molecule has 1 saturated heterocycles. The number of piperazine rings is 1. The lowest BCUT2D eigenvalue weighted by molar-refractivity contribution is -0.131. The van der Waals surface area contributed by atoms with Gasteiger partial charge in [-0.3, -0.25) is 14.4 Å². The Bertz CT molecular complexity index is 918. The van der Waals surface area contributed by atoms with Crippen LogP contribution in [0.3, 0.4) is 0 Å². The quantitative estimate of drug-likeness (QED) is 0.675. The molecule has 0 spiro atoms. The second-order valence-corrected chi connectivity index (χ2v) is 7.38. The first-order valence-corrected chi connectivity index (χ1v) is 10.4. The number of nitrogens with zero attached hydrogens (tertiary/aromatic N) is 2. The molecule has 1 aliphatic heterocycles. The topological polar surface area (TPSA) is 81.8 Å². The van der Waals surface area contributed by atoms with Gasteiger partial charge < -0.3 is 20.4 Å². The van der Waals surface area contributed by atoms with Crippen LogP contribution in [-0.4, -0.2) is 55.3 Å². The van der Waals surface area contributed by atoms with E-state index >= 15 is 0 Å². The van der Waals surface area contributed by atoms with Crippen molar-refractivity contribution in [1.29, 1.82) is 0 Å². The number of amides is 3. The van der Waals surface area contributed by atoms with Crippen LogP contribution < -0.4 is 15.5 Å². The molecule has 1 fully saturated rings. The van der Waals surface area contributed by atoms with E-state index in [1.54, 1.807) is 18.2 Å². The van der Waals surface area contributed by atoms with Crippen LogP contribution in [0.5, 0.6) is 0 Å². The van der Waals surface area contributed by atoms with Crippen molar-refractivity contribution in [1.82, 2.24) is 10.2 Å². The molecule has 1 heterocycles. The van der Waals surface area contributed by atoms with Gasteiger partial charge in [0.25, 0.3) is 0 Å². The molecule has 7 nitrogen and oxygen atoms in total. The maximum atomic E-state index is 12.4. The first-order chi connectivity index (χ1) is 15.0. The summed E-state index contributed by atoms with van der Waals surface area (Å²) in [4.78, 5) is 39.6. The lowest BCUT2D eigenvalue weighted by Gasteiger charge is -2.36. The van der Waals surface area contributed by atoms with Crippen LogP contribution >= 0.6 is 0 Å². The second kappa shape index (κ2) is 11.0. The summed E-state index contributed by atoms with van der Waals surface area (Å²) in [5, 5.41) is 5.45. The minimum absolute atomic E-state index is 0.0607. The third-order valence-corrected chi connectivity index (χ3v) is 5.05. The summed E-state index contributed by atoms with van der Waals surface area (Å²) in [5.41, 5.74) is 2.73. The fourth-order valence-corrected chi connectivity index (χ4v) is 3.42. The standard InChI is InChI=1S/C24H28N4O3/c1-19(29)26-21-10-7-20(8-11-21)9-12-23(30)25-14-13-24(31)28-17-15-27(16-18-28)22-5-3-2-4-6-22/h2-12H,13-18H2,1H3,(H,25,30)(H,26,29)/b12-9+. The van der Waals surface area contributed by atoms with E-state index in [9.17, 15) is 14.4 Å². The number of carbonyl (C=O) groups is 3. The minimum Gasteiger partial charge on any atom is -0.368 e. The predicted molar refractivity (Wildman–Crippen MR) is 123 cm³/mol. The Kier molecular flexibility index (Phi) is 7.81. The number of hydrogen-bond donors (Lipinski definition) is 2. The highest BCUT2D eigenvalue weighted by atomic mass is 16.2. The summed E-state index contributed by atoms with van der Waals surface area (Å²) in [7, 11) is 0. The van der Waals surface area contributed by atoms with E-state index in [-0.39, 0.29) is 24.1 Å². The van der Waals surface area contributed by atoms with E-state index in [0.717, 1.165) is 18.7 Å². The Morgan fingerprint density at radius 2 is 1.61 bits per heavy atom. The number of benzene rings is 2. The van der Waals surface area contributed by atoms with Crippen molar-refractivity contribution in [2.24, 2.45) is 0 Å². The summed E-state index contributed by atoms with van der Waals surface area (Å²) in [6, 6.07) is 17.4. The van der Waals surface area contributed by atoms with E-state index < -0.39 is 0 Å². The summed E-state index contributed by atoms with van der Waals surface area (Å²) >= 11 is 0. The second-order valence-electron chi connectivity index (χ2n) is 7.38. The highest BCUT2D eigenvalue weighted by Crippen LogP contribution is 2.16. The van der Waals surface area contributed by atoms with Crippen molar-refractivity contribution in [3.8, 4) is 0 Å². The fraction of sp³-hybridized carbons (Fsp3) is 0.292. The molecule has 2 N–H and O–H groups in total. The highest BCUT2D eigenvalue weighted by Gasteiger charge is 2.20. The van der Waals surface area contributed by atoms with Crippen molar-refractivity contribution in [3.63, 3.8) is 0 Å². The van der Waals surface area contributed by atoms with Crippen LogP contribution in [0.25, 0.3) is 6.08 Å². The summed E-state index contributed by atoms with van der Waals surface area (Å²) in [5.74, 6) is -0.312. The summed E-state index contributed by atoms with van der Waals surface area (Å²) in [6.07, 6.45) is 3.42. The molecule has 31 heavy (non-hydrogen) atoms. The van der Waals surface area contributed by atoms with Crippen LogP contribution in [-0.2, 0) is 14.4 Å². The molecule has 2 aromatic carbocycles. The van der Waals surface area contributed by atoms with Crippen molar-refractivity contribution >= 4 is 35.2 Å². The van der Waals surface area contributed by atoms with E-state index in [0.29, 0.717) is 25.3 Å². The molecule has 0 saturated carbocycles. The molecule has 0 bridgehead atoms. The van der Waals surface area contributed by atoms with Crippen molar-refractivity contribution in [2.45, 2.75) is 13.3 Å². The Labute approximate surface area is 182 Å². The van der Waals surface area contributed by atoms with Crippen LogP contribution in [0.15, 0.2) is 60.7 Å². The Morgan fingerprint density at radius 3 is 2.26 bits per heavy atom. The van der Waals surface area contributed by atoms with Crippen molar-refractivity contribution in [3.05, 3.63) is 66.2 Å². The number of rotatable bonds is 7. The molecule has 7 heteroatoms. The van der Waals surface area contributed by atoms with Gasteiger partial charge in [-0.15, -0.1) is 0 Å². The van der Waals surface area contributed by atoms with E-state index in [4.69, 9.17) is 0 Å². The summed E-state index contributed by atoms with van der Waals surface area (Å²) < 4.78 is 0. The van der Waals surface area contributed by atoms with Gasteiger partial charge in [-0.05, 0) is 35.9 Å². The first-order valence-electron chi connectivity index (χ1n) is 10.4. The normalized spacial score (nSPS) is 13.8. The molecular weight excluding hydrogens is 392 g/mol. The monoisotopic (exact) mass is 420 g/mol. The number of para-hydroxylation sites is 1. The highest BCUT2D eigenvalue weighted by molar-refractivity contribution is 5.92. The van der Waals surface area contributed by atoms with Gasteiger partial charge in [-0.1, -0.05) is 30.3 Å². The third-order valence-electron chi connectivity index (χ3n) is 5.05. The van der Waals surface area contributed by atoms with Gasteiger partial charge in [0.2, 0.25) is 17.7 Å². The molecule has 0 aliphatic carbocycles. The predicted octanol–water partition coefficient (Wildman–Crippen LogP) is 2.51. The molecule has 1 aliphatic rings. The number of hydrogen-bond acceptors (Lipinski definition) is 4. The molecular formula is C24H28N4O3. The van der Waals surface area contributed by atoms with Crippen LogP contribution in [0, 0.1) is 0 Å². The number of nitrogens with one attached hydrogen (secondary N) is 2. The van der Waals surface area contributed by atoms with Gasteiger partial charge in [0.15, 0.2) is 0 Å². The molecule has 162 valence electrons. The molecule has 2 aromatic rings. The average Bonchev–Trinajstić information content (AvgIpc) is 2.79. The van der Waals surface area contributed by atoms with Crippen molar-refractivity contribution in [2.75, 3.05) is 42.9 Å². The van der Waals surface area contributed by atoms with E-state index in [1.807, 2.05) is 35.2 Å². The van der Waals surface area contributed by atoms with Crippen LogP contribution in [0.1, 0.15) is 18.9 Å². The van der Waals surface area contributed by atoms with Gasteiger partial charge in [-0.2, -0.15) is 0 Å². The van der Waals surface area contributed by atoms with Gasteiger partial charge >= 0.3 is 0 Å². The van der Waals surface area contributed by atoms with Crippen molar-refractivity contribution < 1.29 is 14.4 Å². The van der Waals surface area contributed by atoms with Gasteiger partial charge in [0, 0.05) is 63.5 Å². The Balaban J connectivity index is 1.36. The van der Waals surface area contributed by atoms with Crippen LogP contribution in [0.4, 0.5) is 11.4 Å². The Morgan fingerprint density at radius 1 is 0.935 bits per heavy atom. The number of carbonyl (C=O) groups excluding carboxylic acids is 3.